The van der Waals surface area contributed by atoms with Crippen molar-refractivity contribution >= 4 is 10.8 Å². The Morgan fingerprint density at radius 2 is 0.661 bits per heavy atom. The summed E-state index contributed by atoms with van der Waals surface area (Å²) in [6.07, 6.45) is 0. The summed E-state index contributed by atoms with van der Waals surface area (Å²) in [4.78, 5) is 14.8. The van der Waals surface area contributed by atoms with Crippen LogP contribution in [0, 0.1) is 0 Å². The summed E-state index contributed by atoms with van der Waals surface area (Å²) in [5, 5.41) is 2.44. The van der Waals surface area contributed by atoms with Gasteiger partial charge in [0.2, 0.25) is 0 Å². The van der Waals surface area contributed by atoms with Gasteiger partial charge in [0, 0.05) is 22.1 Å². The summed E-state index contributed by atoms with van der Waals surface area (Å²) < 4.78 is 0. The Bertz CT molecular complexity index is 3260. The van der Waals surface area contributed by atoms with Crippen molar-refractivity contribution in [1.82, 2.24) is 15.0 Å². The molecule has 1 spiro atoms. The smallest absolute Gasteiger partial charge is 0.164 e. The number of hydrogen-bond acceptors (Lipinski definition) is 3. The Labute approximate surface area is 362 Å². The average Bonchev–Trinajstić information content (AvgIpc) is 3.63. The molecule has 292 valence electrons. The van der Waals surface area contributed by atoms with Crippen LogP contribution in [0.1, 0.15) is 47.2 Å². The van der Waals surface area contributed by atoms with Gasteiger partial charge in [0.05, 0.1) is 5.41 Å². The van der Waals surface area contributed by atoms with Crippen molar-refractivity contribution in [2.24, 2.45) is 0 Å². The highest BCUT2D eigenvalue weighted by molar-refractivity contribution is 6.05. The molecular weight excluding hydrogens is 751 g/mol. The monoisotopic (exact) mass is 791 g/mol. The molecule has 3 nitrogen and oxygen atoms in total. The van der Waals surface area contributed by atoms with E-state index in [9.17, 15) is 0 Å². The van der Waals surface area contributed by atoms with Crippen molar-refractivity contribution in [1.29, 1.82) is 0 Å². The second-order valence-electron chi connectivity index (χ2n) is 17.1. The van der Waals surface area contributed by atoms with Gasteiger partial charge in [-0.1, -0.05) is 220 Å². The highest BCUT2D eigenvalue weighted by atomic mass is 15.0. The Hall–Kier alpha value is -7.75. The molecule has 0 saturated carbocycles. The molecule has 0 saturated heterocycles. The van der Waals surface area contributed by atoms with Gasteiger partial charge in [0.15, 0.2) is 17.5 Å². The first-order valence-corrected chi connectivity index (χ1v) is 21.4. The van der Waals surface area contributed by atoms with Gasteiger partial charge >= 0.3 is 0 Å². The SMILES string of the molecule is CC1(C)c2ccccc2C2(c3ccccc3-c3ccc(-c4cccc5c(-c6ccc(-c7nc(-c8ccccc8)nc(-c8ccccc8)n7)cc6)cccc45)cc32)c2ccccc21. The Morgan fingerprint density at radius 1 is 0.274 bits per heavy atom. The van der Waals surface area contributed by atoms with E-state index in [2.05, 4.69) is 166 Å². The van der Waals surface area contributed by atoms with Crippen LogP contribution >= 0.6 is 0 Å². The minimum atomic E-state index is -0.440. The molecule has 9 aromatic carbocycles. The topological polar surface area (TPSA) is 38.7 Å². The first kappa shape index (κ1) is 36.1. The first-order valence-electron chi connectivity index (χ1n) is 21.4. The van der Waals surface area contributed by atoms with Crippen molar-refractivity contribution in [3.63, 3.8) is 0 Å². The zero-order valence-electron chi connectivity index (χ0n) is 34.5. The molecule has 0 fully saturated rings. The Kier molecular flexibility index (Phi) is 8.10. The van der Waals surface area contributed by atoms with E-state index in [0.29, 0.717) is 17.5 Å². The third kappa shape index (κ3) is 5.34. The zero-order valence-corrected chi connectivity index (χ0v) is 34.5. The average molecular weight is 792 g/mol. The molecule has 0 bridgehead atoms. The fourth-order valence-corrected chi connectivity index (χ4v) is 10.6. The van der Waals surface area contributed by atoms with Crippen molar-refractivity contribution in [3.05, 3.63) is 246 Å². The minimum absolute atomic E-state index is 0.139. The maximum atomic E-state index is 4.98. The van der Waals surface area contributed by atoms with E-state index in [1.54, 1.807) is 0 Å². The van der Waals surface area contributed by atoms with Gasteiger partial charge in [-0.05, 0) is 83.6 Å². The summed E-state index contributed by atoms with van der Waals surface area (Å²) in [7, 11) is 0. The molecule has 10 aromatic rings. The van der Waals surface area contributed by atoms with E-state index in [-0.39, 0.29) is 5.41 Å². The van der Waals surface area contributed by atoms with Crippen molar-refractivity contribution < 1.29 is 0 Å². The van der Waals surface area contributed by atoms with Crippen LogP contribution in [0.5, 0.6) is 0 Å². The molecule has 0 unspecified atom stereocenters. The van der Waals surface area contributed by atoms with E-state index in [1.165, 1.54) is 72.0 Å². The van der Waals surface area contributed by atoms with E-state index in [0.717, 1.165) is 22.3 Å². The Balaban J connectivity index is 0.980. The van der Waals surface area contributed by atoms with E-state index >= 15 is 0 Å². The second kappa shape index (κ2) is 13.9. The molecule has 1 heterocycles. The number of benzene rings is 9. The lowest BCUT2D eigenvalue weighted by Gasteiger charge is -2.46. The summed E-state index contributed by atoms with van der Waals surface area (Å²) in [5.74, 6) is 1.96. The quantitative estimate of drug-likeness (QED) is 0.174. The molecule has 3 heteroatoms. The fraction of sp³-hybridized carbons (Fsp3) is 0.0678. The third-order valence-corrected chi connectivity index (χ3v) is 13.4. The van der Waals surface area contributed by atoms with Crippen molar-refractivity contribution in [2.45, 2.75) is 24.7 Å². The number of hydrogen-bond donors (Lipinski definition) is 0. The largest absolute Gasteiger partial charge is 0.208 e. The zero-order chi connectivity index (χ0) is 41.4. The van der Waals surface area contributed by atoms with E-state index < -0.39 is 5.41 Å². The predicted molar refractivity (Wildman–Crippen MR) is 254 cm³/mol. The van der Waals surface area contributed by atoms with Gasteiger partial charge in [-0.2, -0.15) is 0 Å². The van der Waals surface area contributed by atoms with Crippen LogP contribution in [0.25, 0.3) is 78.3 Å². The van der Waals surface area contributed by atoms with E-state index in [4.69, 9.17) is 15.0 Å². The lowest BCUT2D eigenvalue weighted by molar-refractivity contribution is 0.563. The molecule has 2 aliphatic rings. The second-order valence-corrected chi connectivity index (χ2v) is 17.1. The number of rotatable bonds is 5. The number of fused-ring (bicyclic) bond motifs is 10. The Morgan fingerprint density at radius 3 is 1.21 bits per heavy atom. The molecule has 12 rings (SSSR count). The van der Waals surface area contributed by atoms with Crippen LogP contribution in [0.2, 0.25) is 0 Å². The molecule has 0 N–H and O–H groups in total. The van der Waals surface area contributed by atoms with Crippen LogP contribution in [0.3, 0.4) is 0 Å². The van der Waals surface area contributed by atoms with Gasteiger partial charge in [0.1, 0.15) is 0 Å². The molecule has 0 amide bonds. The molecule has 1 aromatic heterocycles. The van der Waals surface area contributed by atoms with Gasteiger partial charge < -0.3 is 0 Å². The van der Waals surface area contributed by atoms with Crippen molar-refractivity contribution in [3.8, 4) is 67.5 Å². The maximum Gasteiger partial charge on any atom is 0.164 e. The van der Waals surface area contributed by atoms with Crippen LogP contribution in [-0.2, 0) is 10.8 Å². The molecule has 0 radical (unpaired) electrons. The molecule has 0 atom stereocenters. The van der Waals surface area contributed by atoms with E-state index in [1.807, 2.05) is 60.7 Å². The van der Waals surface area contributed by atoms with Crippen LogP contribution < -0.4 is 0 Å². The summed E-state index contributed by atoms with van der Waals surface area (Å²) >= 11 is 0. The van der Waals surface area contributed by atoms with Gasteiger partial charge in [0.25, 0.3) is 0 Å². The first-order chi connectivity index (χ1) is 30.5. The lowest BCUT2D eigenvalue weighted by Crippen LogP contribution is -2.40. The highest BCUT2D eigenvalue weighted by Gasteiger charge is 2.53. The highest BCUT2D eigenvalue weighted by Crippen LogP contribution is 2.62. The summed E-state index contributed by atoms with van der Waals surface area (Å²) in [5.41, 5.74) is 17.9. The standard InChI is InChI=1S/C59H41N3/c1-58(2)50-27-11-13-29-52(50)59(53-30-14-12-28-51(53)58)49-26-10-9-21-47(49)48-36-35-42(37-54(48)59)44-23-16-24-45-43(22-15-25-46(44)45)38-31-33-41(34-32-38)57-61-55(39-17-5-3-6-18-39)60-56(62-57)40-19-7-4-8-20-40/h3-37H,1-2H3. The van der Waals surface area contributed by atoms with Crippen LogP contribution in [0.4, 0.5) is 0 Å². The molecule has 62 heavy (non-hydrogen) atoms. The van der Waals surface area contributed by atoms with Crippen LogP contribution in [-0.4, -0.2) is 15.0 Å². The minimum Gasteiger partial charge on any atom is -0.208 e. The third-order valence-electron chi connectivity index (χ3n) is 13.4. The normalized spacial score (nSPS) is 13.9. The number of nitrogens with zero attached hydrogens (tertiary/aromatic N) is 3. The molecule has 2 aliphatic carbocycles. The summed E-state index contributed by atoms with van der Waals surface area (Å²) in [6.45, 7) is 4.76. The fourth-order valence-electron chi connectivity index (χ4n) is 10.6. The lowest BCUT2D eigenvalue weighted by atomic mass is 9.55. The summed E-state index contributed by atoms with van der Waals surface area (Å²) in [6, 6.07) is 77.0. The van der Waals surface area contributed by atoms with Crippen molar-refractivity contribution in [2.75, 3.05) is 0 Å². The molecule has 0 aliphatic heterocycles. The predicted octanol–water partition coefficient (Wildman–Crippen LogP) is 14.4. The van der Waals surface area contributed by atoms with Gasteiger partial charge in [-0.3, -0.25) is 0 Å². The van der Waals surface area contributed by atoms with Gasteiger partial charge in [-0.25, -0.2) is 15.0 Å². The number of aromatic nitrogens is 3. The molecular formula is C59H41N3. The van der Waals surface area contributed by atoms with Gasteiger partial charge in [-0.15, -0.1) is 0 Å². The maximum absolute atomic E-state index is 4.98. The van der Waals surface area contributed by atoms with Crippen LogP contribution in [0.15, 0.2) is 212 Å².